The lowest BCUT2D eigenvalue weighted by Crippen LogP contribution is -2.48. The summed E-state index contributed by atoms with van der Waals surface area (Å²) < 4.78 is 0. The highest BCUT2D eigenvalue weighted by Gasteiger charge is 2.24. The van der Waals surface area contributed by atoms with E-state index < -0.39 is 6.04 Å². The Morgan fingerprint density at radius 1 is 1.13 bits per heavy atom. The van der Waals surface area contributed by atoms with Crippen molar-refractivity contribution in [1.82, 2.24) is 10.2 Å². The maximum Gasteiger partial charge on any atom is 0.242 e. The highest BCUT2D eigenvalue weighted by atomic mass is 16.2. The molecule has 0 bridgehead atoms. The minimum atomic E-state index is -0.422. The van der Waals surface area contributed by atoms with Gasteiger partial charge >= 0.3 is 0 Å². The van der Waals surface area contributed by atoms with Gasteiger partial charge in [-0.25, -0.2) is 0 Å². The van der Waals surface area contributed by atoms with Crippen LogP contribution in [0.25, 0.3) is 0 Å². The van der Waals surface area contributed by atoms with Crippen molar-refractivity contribution in [3.05, 3.63) is 35.9 Å². The van der Waals surface area contributed by atoms with Crippen LogP contribution >= 0.6 is 0 Å². The molecule has 0 heterocycles. The van der Waals surface area contributed by atoms with E-state index in [1.807, 2.05) is 32.0 Å². The molecule has 4 nitrogen and oxygen atoms in total. The second kappa shape index (κ2) is 10.8. The molecule has 1 unspecified atom stereocenters. The number of rotatable bonds is 10. The molecule has 0 radical (unpaired) electrons. The van der Waals surface area contributed by atoms with Crippen molar-refractivity contribution < 1.29 is 9.59 Å². The van der Waals surface area contributed by atoms with E-state index in [0.717, 1.165) is 25.7 Å². The Morgan fingerprint density at radius 2 is 1.83 bits per heavy atom. The Morgan fingerprint density at radius 3 is 2.43 bits per heavy atom. The molecule has 0 saturated carbocycles. The van der Waals surface area contributed by atoms with Gasteiger partial charge in [-0.1, -0.05) is 50.6 Å². The molecule has 1 rings (SSSR count). The van der Waals surface area contributed by atoms with Gasteiger partial charge in [0.25, 0.3) is 0 Å². The van der Waals surface area contributed by atoms with Crippen LogP contribution in [-0.4, -0.2) is 35.8 Å². The van der Waals surface area contributed by atoms with Crippen LogP contribution in [0.2, 0.25) is 0 Å². The zero-order valence-corrected chi connectivity index (χ0v) is 14.7. The molecule has 1 atom stereocenters. The number of unbranched alkanes of at least 4 members (excludes halogenated alkanes) is 1. The van der Waals surface area contributed by atoms with Gasteiger partial charge < -0.3 is 10.2 Å². The Labute approximate surface area is 140 Å². The number of carbonyl (C=O) groups is 2. The van der Waals surface area contributed by atoms with Crippen molar-refractivity contribution in [3.63, 3.8) is 0 Å². The van der Waals surface area contributed by atoms with E-state index >= 15 is 0 Å². The number of nitrogens with zero attached hydrogens (tertiary/aromatic N) is 1. The highest BCUT2D eigenvalue weighted by molar-refractivity contribution is 5.87. The molecule has 0 aromatic heterocycles. The summed E-state index contributed by atoms with van der Waals surface area (Å²) >= 11 is 0. The van der Waals surface area contributed by atoms with E-state index in [-0.39, 0.29) is 11.8 Å². The monoisotopic (exact) mass is 318 g/mol. The molecule has 0 spiro atoms. The minimum Gasteiger partial charge on any atom is -0.354 e. The molecular formula is C19H30N2O2. The summed E-state index contributed by atoms with van der Waals surface area (Å²) in [7, 11) is 0. The van der Waals surface area contributed by atoms with E-state index in [1.54, 1.807) is 4.90 Å². The van der Waals surface area contributed by atoms with E-state index in [9.17, 15) is 9.59 Å². The van der Waals surface area contributed by atoms with Gasteiger partial charge in [-0.05, 0) is 31.7 Å². The Bertz CT molecular complexity index is 474. The molecule has 0 aliphatic heterocycles. The molecule has 0 saturated heterocycles. The molecule has 1 aromatic carbocycles. The van der Waals surface area contributed by atoms with Crippen molar-refractivity contribution in [2.75, 3.05) is 13.1 Å². The summed E-state index contributed by atoms with van der Waals surface area (Å²) in [5.74, 6) is -0.00228. The van der Waals surface area contributed by atoms with Crippen LogP contribution in [0.3, 0.4) is 0 Å². The molecule has 1 aromatic rings. The number of benzene rings is 1. The molecule has 128 valence electrons. The normalized spacial score (nSPS) is 11.8. The fourth-order valence-corrected chi connectivity index (χ4v) is 2.46. The SMILES string of the molecule is CCCCNC(=O)C(C)N(CCc1ccccc1)C(=O)CCC. The summed E-state index contributed by atoms with van der Waals surface area (Å²) in [4.78, 5) is 26.4. The quantitative estimate of drug-likeness (QED) is 0.674. The molecule has 1 N–H and O–H groups in total. The first-order chi connectivity index (χ1) is 11.1. The first-order valence-corrected chi connectivity index (χ1v) is 8.71. The molecule has 0 fully saturated rings. The number of hydrogen-bond donors (Lipinski definition) is 1. The highest BCUT2D eigenvalue weighted by Crippen LogP contribution is 2.08. The summed E-state index contributed by atoms with van der Waals surface area (Å²) in [6.45, 7) is 7.14. The lowest BCUT2D eigenvalue weighted by molar-refractivity contribution is -0.139. The van der Waals surface area contributed by atoms with Crippen LogP contribution in [0.5, 0.6) is 0 Å². The maximum absolute atomic E-state index is 12.4. The number of amides is 2. The average molecular weight is 318 g/mol. The third kappa shape index (κ3) is 6.85. The third-order valence-corrected chi connectivity index (χ3v) is 3.94. The number of carbonyl (C=O) groups excluding carboxylic acids is 2. The maximum atomic E-state index is 12.4. The Balaban J connectivity index is 2.67. The molecular weight excluding hydrogens is 288 g/mol. The van der Waals surface area contributed by atoms with Gasteiger partial charge in [-0.2, -0.15) is 0 Å². The lowest BCUT2D eigenvalue weighted by atomic mass is 10.1. The Hall–Kier alpha value is -1.84. The average Bonchev–Trinajstić information content (AvgIpc) is 2.56. The molecule has 4 heteroatoms. The molecule has 2 amide bonds. The summed E-state index contributed by atoms with van der Waals surface area (Å²) in [6, 6.07) is 9.65. The summed E-state index contributed by atoms with van der Waals surface area (Å²) in [6.07, 6.45) is 4.06. The first-order valence-electron chi connectivity index (χ1n) is 8.71. The van der Waals surface area contributed by atoms with Crippen molar-refractivity contribution in [2.24, 2.45) is 0 Å². The van der Waals surface area contributed by atoms with Gasteiger partial charge in [-0.3, -0.25) is 9.59 Å². The van der Waals surface area contributed by atoms with Gasteiger partial charge in [0.2, 0.25) is 11.8 Å². The number of hydrogen-bond acceptors (Lipinski definition) is 2. The van der Waals surface area contributed by atoms with E-state index in [2.05, 4.69) is 24.4 Å². The second-order valence-electron chi connectivity index (χ2n) is 5.89. The van der Waals surface area contributed by atoms with Gasteiger partial charge in [0.1, 0.15) is 6.04 Å². The Kier molecular flexibility index (Phi) is 9.03. The standard InChI is InChI=1S/C19H30N2O2/c1-4-6-14-20-19(23)16(3)21(18(22)10-5-2)15-13-17-11-8-7-9-12-17/h7-9,11-12,16H,4-6,10,13-15H2,1-3H3,(H,20,23). The predicted molar refractivity (Wildman–Crippen MR) is 94.1 cm³/mol. The largest absolute Gasteiger partial charge is 0.354 e. The van der Waals surface area contributed by atoms with E-state index in [4.69, 9.17) is 0 Å². The minimum absolute atomic E-state index is 0.0570. The van der Waals surface area contributed by atoms with Crippen LogP contribution in [-0.2, 0) is 16.0 Å². The van der Waals surface area contributed by atoms with Crippen LogP contribution in [0.15, 0.2) is 30.3 Å². The molecule has 0 aliphatic carbocycles. The number of nitrogens with one attached hydrogen (secondary N) is 1. The van der Waals surface area contributed by atoms with Crippen molar-refractivity contribution in [1.29, 1.82) is 0 Å². The smallest absolute Gasteiger partial charge is 0.242 e. The molecule has 23 heavy (non-hydrogen) atoms. The van der Waals surface area contributed by atoms with E-state index in [0.29, 0.717) is 19.5 Å². The van der Waals surface area contributed by atoms with Crippen LogP contribution < -0.4 is 5.32 Å². The van der Waals surface area contributed by atoms with Crippen molar-refractivity contribution in [2.45, 2.75) is 58.9 Å². The second-order valence-corrected chi connectivity index (χ2v) is 5.89. The van der Waals surface area contributed by atoms with Gasteiger partial charge in [-0.15, -0.1) is 0 Å². The zero-order chi connectivity index (χ0) is 17.1. The van der Waals surface area contributed by atoms with Crippen LogP contribution in [0.1, 0.15) is 52.0 Å². The van der Waals surface area contributed by atoms with Gasteiger partial charge in [0.15, 0.2) is 0 Å². The van der Waals surface area contributed by atoms with Crippen LogP contribution in [0.4, 0.5) is 0 Å². The van der Waals surface area contributed by atoms with Crippen molar-refractivity contribution >= 4 is 11.8 Å². The fourth-order valence-electron chi connectivity index (χ4n) is 2.46. The summed E-state index contributed by atoms with van der Waals surface area (Å²) in [5, 5.41) is 2.93. The predicted octanol–water partition coefficient (Wildman–Crippen LogP) is 3.16. The van der Waals surface area contributed by atoms with Gasteiger partial charge in [0, 0.05) is 19.5 Å². The third-order valence-electron chi connectivity index (χ3n) is 3.94. The zero-order valence-electron chi connectivity index (χ0n) is 14.7. The first kappa shape index (κ1) is 19.2. The van der Waals surface area contributed by atoms with E-state index in [1.165, 1.54) is 5.56 Å². The lowest BCUT2D eigenvalue weighted by Gasteiger charge is -2.28. The topological polar surface area (TPSA) is 49.4 Å². The van der Waals surface area contributed by atoms with Crippen LogP contribution in [0, 0.1) is 0 Å². The van der Waals surface area contributed by atoms with Crippen molar-refractivity contribution in [3.8, 4) is 0 Å². The summed E-state index contributed by atoms with van der Waals surface area (Å²) in [5.41, 5.74) is 1.18. The fraction of sp³-hybridized carbons (Fsp3) is 0.579. The van der Waals surface area contributed by atoms with Gasteiger partial charge in [0.05, 0.1) is 0 Å². The molecule has 0 aliphatic rings.